The quantitative estimate of drug-likeness (QED) is 0.787. The third kappa shape index (κ3) is 4.90. The van der Waals surface area contributed by atoms with Crippen LogP contribution in [0.4, 0.5) is 0 Å². The number of carbonyl (C=O) groups is 1. The Kier molecular flexibility index (Phi) is 5.74. The fraction of sp³-hybridized carbons (Fsp3) is 0.375. The molecule has 1 aromatic heterocycles. The maximum Gasteiger partial charge on any atom is 0.221 e. The van der Waals surface area contributed by atoms with Gasteiger partial charge in [-0.25, -0.2) is 17.8 Å². The summed E-state index contributed by atoms with van der Waals surface area (Å²) in [5, 5.41) is 7.24. The van der Waals surface area contributed by atoms with Crippen molar-refractivity contribution in [3.8, 4) is 5.69 Å². The first-order valence-corrected chi connectivity index (χ1v) is 9.51. The lowest BCUT2D eigenvalue weighted by Gasteiger charge is -2.14. The molecule has 2 N–H and O–H groups in total. The number of hydrogen-bond donors (Lipinski definition) is 2. The van der Waals surface area contributed by atoms with Gasteiger partial charge in [-0.05, 0) is 26.0 Å². The third-order valence-electron chi connectivity index (χ3n) is 3.61. The monoisotopic (exact) mass is 350 g/mol. The maximum atomic E-state index is 11.9. The molecule has 8 heteroatoms. The number of hydrogen-bond acceptors (Lipinski definition) is 4. The summed E-state index contributed by atoms with van der Waals surface area (Å²) < 4.78 is 26.1. The SMILES string of the molecule is Cc1c([C@H](C)NC(=O)CCNS(C)(=O)=O)cnn1-c1ccccc1. The van der Waals surface area contributed by atoms with Gasteiger partial charge in [0.25, 0.3) is 0 Å². The Bertz CT molecular complexity index is 800. The summed E-state index contributed by atoms with van der Waals surface area (Å²) in [7, 11) is -3.28. The fourth-order valence-corrected chi connectivity index (χ4v) is 2.89. The number of para-hydroxylation sites is 1. The third-order valence-corrected chi connectivity index (χ3v) is 4.34. The Labute approximate surface area is 142 Å². The zero-order valence-electron chi connectivity index (χ0n) is 14.0. The summed E-state index contributed by atoms with van der Waals surface area (Å²) in [5.74, 6) is -0.217. The first kappa shape index (κ1) is 18.2. The Balaban J connectivity index is 1.99. The number of amides is 1. The maximum absolute atomic E-state index is 11.9. The minimum absolute atomic E-state index is 0.0830. The van der Waals surface area contributed by atoms with Crippen molar-refractivity contribution in [3.63, 3.8) is 0 Å². The normalized spacial score (nSPS) is 12.8. The van der Waals surface area contributed by atoms with Gasteiger partial charge in [0.15, 0.2) is 0 Å². The number of carbonyl (C=O) groups excluding carboxylic acids is 1. The summed E-state index contributed by atoms with van der Waals surface area (Å²) in [4.78, 5) is 11.9. The highest BCUT2D eigenvalue weighted by molar-refractivity contribution is 7.88. The van der Waals surface area contributed by atoms with Crippen molar-refractivity contribution >= 4 is 15.9 Å². The minimum Gasteiger partial charge on any atom is -0.349 e. The van der Waals surface area contributed by atoms with Crippen LogP contribution in [0.25, 0.3) is 5.69 Å². The number of nitrogens with one attached hydrogen (secondary N) is 2. The Morgan fingerprint density at radius 1 is 1.29 bits per heavy atom. The largest absolute Gasteiger partial charge is 0.349 e. The van der Waals surface area contributed by atoms with E-state index in [2.05, 4.69) is 15.1 Å². The highest BCUT2D eigenvalue weighted by atomic mass is 32.2. The topological polar surface area (TPSA) is 93.1 Å². The second-order valence-electron chi connectivity index (χ2n) is 5.64. The predicted octanol–water partition coefficient (Wildman–Crippen LogP) is 1.30. The van der Waals surface area contributed by atoms with E-state index < -0.39 is 10.0 Å². The van der Waals surface area contributed by atoms with Gasteiger partial charge in [0.1, 0.15) is 0 Å². The highest BCUT2D eigenvalue weighted by Gasteiger charge is 2.16. The smallest absolute Gasteiger partial charge is 0.221 e. The summed E-state index contributed by atoms with van der Waals surface area (Å²) in [6, 6.07) is 9.53. The van der Waals surface area contributed by atoms with Crippen LogP contribution in [-0.2, 0) is 14.8 Å². The van der Waals surface area contributed by atoms with Crippen molar-refractivity contribution in [2.75, 3.05) is 12.8 Å². The van der Waals surface area contributed by atoms with Crippen LogP contribution in [0.3, 0.4) is 0 Å². The van der Waals surface area contributed by atoms with Crippen molar-refractivity contribution in [3.05, 3.63) is 47.8 Å². The Morgan fingerprint density at radius 3 is 2.58 bits per heavy atom. The lowest BCUT2D eigenvalue weighted by atomic mass is 10.1. The van der Waals surface area contributed by atoms with E-state index >= 15 is 0 Å². The number of benzene rings is 1. The lowest BCUT2D eigenvalue weighted by molar-refractivity contribution is -0.121. The van der Waals surface area contributed by atoms with Crippen molar-refractivity contribution in [2.45, 2.75) is 26.3 Å². The van der Waals surface area contributed by atoms with E-state index in [4.69, 9.17) is 0 Å². The second kappa shape index (κ2) is 7.59. The van der Waals surface area contributed by atoms with Crippen molar-refractivity contribution in [1.82, 2.24) is 19.8 Å². The van der Waals surface area contributed by atoms with Crippen molar-refractivity contribution < 1.29 is 13.2 Å². The van der Waals surface area contributed by atoms with Crippen LogP contribution in [0.2, 0.25) is 0 Å². The molecule has 1 atom stereocenters. The van der Waals surface area contributed by atoms with Crippen LogP contribution in [0.1, 0.15) is 30.6 Å². The average Bonchev–Trinajstić information content (AvgIpc) is 2.88. The van der Waals surface area contributed by atoms with Crippen LogP contribution in [-0.4, -0.2) is 36.9 Å². The summed E-state index contributed by atoms with van der Waals surface area (Å²) >= 11 is 0. The summed E-state index contributed by atoms with van der Waals surface area (Å²) in [6.07, 6.45) is 2.89. The van der Waals surface area contributed by atoms with Gasteiger partial charge in [-0.2, -0.15) is 5.10 Å². The molecule has 0 aliphatic carbocycles. The van der Waals surface area contributed by atoms with Gasteiger partial charge < -0.3 is 5.32 Å². The molecule has 0 saturated heterocycles. The molecule has 2 rings (SSSR count). The molecule has 0 saturated carbocycles. The molecule has 0 bridgehead atoms. The zero-order chi connectivity index (χ0) is 17.7. The van der Waals surface area contributed by atoms with Gasteiger partial charge in [0.05, 0.1) is 24.2 Å². The molecule has 2 aromatic rings. The molecular formula is C16H22N4O3S. The molecule has 0 fully saturated rings. The number of nitrogens with zero attached hydrogens (tertiary/aromatic N) is 2. The van der Waals surface area contributed by atoms with Crippen molar-refractivity contribution in [2.24, 2.45) is 0 Å². The van der Waals surface area contributed by atoms with Crippen LogP contribution in [0.5, 0.6) is 0 Å². The van der Waals surface area contributed by atoms with E-state index in [9.17, 15) is 13.2 Å². The molecule has 24 heavy (non-hydrogen) atoms. The van der Waals surface area contributed by atoms with Gasteiger partial charge >= 0.3 is 0 Å². The fourth-order valence-electron chi connectivity index (χ4n) is 2.42. The van der Waals surface area contributed by atoms with E-state index in [0.29, 0.717) is 0 Å². The van der Waals surface area contributed by atoms with Crippen molar-refractivity contribution in [1.29, 1.82) is 0 Å². The number of sulfonamides is 1. The van der Waals surface area contributed by atoms with Crippen LogP contribution in [0.15, 0.2) is 36.5 Å². The second-order valence-corrected chi connectivity index (χ2v) is 7.47. The van der Waals surface area contributed by atoms with Crippen LogP contribution < -0.4 is 10.0 Å². The molecule has 7 nitrogen and oxygen atoms in total. The first-order chi connectivity index (χ1) is 11.3. The van der Waals surface area contributed by atoms with E-state index in [-0.39, 0.29) is 24.9 Å². The van der Waals surface area contributed by atoms with Crippen LogP contribution >= 0.6 is 0 Å². The summed E-state index contributed by atoms with van der Waals surface area (Å²) in [5.41, 5.74) is 2.82. The van der Waals surface area contributed by atoms with Gasteiger partial charge in [-0.3, -0.25) is 4.79 Å². The molecule has 0 unspecified atom stereocenters. The molecule has 0 spiro atoms. The molecule has 1 heterocycles. The molecule has 0 aliphatic heterocycles. The molecule has 0 aliphatic rings. The Morgan fingerprint density at radius 2 is 1.96 bits per heavy atom. The molecule has 1 amide bonds. The zero-order valence-corrected chi connectivity index (χ0v) is 14.8. The predicted molar refractivity (Wildman–Crippen MR) is 92.3 cm³/mol. The molecular weight excluding hydrogens is 328 g/mol. The standard InChI is InChI=1S/C16H22N4O3S/c1-12(19-16(21)9-10-18-24(3,22)23)15-11-17-20(13(15)2)14-7-5-4-6-8-14/h4-8,11-12,18H,9-10H2,1-3H3,(H,19,21)/t12-/m0/s1. The average molecular weight is 350 g/mol. The molecule has 130 valence electrons. The van der Waals surface area contributed by atoms with E-state index in [1.165, 1.54) is 0 Å². The number of rotatable bonds is 7. The summed E-state index contributed by atoms with van der Waals surface area (Å²) in [6.45, 7) is 3.91. The molecule has 1 aromatic carbocycles. The highest BCUT2D eigenvalue weighted by Crippen LogP contribution is 2.20. The van der Waals surface area contributed by atoms with Gasteiger partial charge in [-0.1, -0.05) is 18.2 Å². The Hall–Kier alpha value is -2.19. The van der Waals surface area contributed by atoms with E-state index in [1.807, 2.05) is 48.9 Å². The molecule has 0 radical (unpaired) electrons. The number of aromatic nitrogens is 2. The van der Waals surface area contributed by atoms with Crippen LogP contribution in [0, 0.1) is 6.92 Å². The van der Waals surface area contributed by atoms with Gasteiger partial charge in [0.2, 0.25) is 15.9 Å². The lowest BCUT2D eigenvalue weighted by Crippen LogP contribution is -2.31. The first-order valence-electron chi connectivity index (χ1n) is 7.62. The van der Waals surface area contributed by atoms with Gasteiger partial charge in [0, 0.05) is 24.2 Å². The minimum atomic E-state index is -3.28. The van der Waals surface area contributed by atoms with Gasteiger partial charge in [-0.15, -0.1) is 0 Å². The van der Waals surface area contributed by atoms with E-state index in [0.717, 1.165) is 23.2 Å². The van der Waals surface area contributed by atoms with E-state index in [1.54, 1.807) is 6.20 Å².